The Kier molecular flexibility index (Phi) is 5.28. The van der Waals surface area contributed by atoms with Gasteiger partial charge in [0.2, 0.25) is 0 Å². The second kappa shape index (κ2) is 8.00. The van der Waals surface area contributed by atoms with Crippen molar-refractivity contribution in [1.29, 1.82) is 0 Å². The molecule has 28 heavy (non-hydrogen) atoms. The fourth-order valence-corrected chi connectivity index (χ4v) is 3.89. The first-order valence-corrected chi connectivity index (χ1v) is 9.81. The summed E-state index contributed by atoms with van der Waals surface area (Å²) in [6.45, 7) is 4.18. The second-order valence-corrected chi connectivity index (χ2v) is 7.34. The summed E-state index contributed by atoms with van der Waals surface area (Å²) in [4.78, 5) is 31.3. The monoisotopic (exact) mass is 381 g/mol. The zero-order chi connectivity index (χ0) is 19.5. The third-order valence-corrected chi connectivity index (χ3v) is 5.51. The molecule has 2 aliphatic heterocycles. The number of rotatable bonds is 3. The molecule has 5 nitrogen and oxygen atoms in total. The van der Waals surface area contributed by atoms with Crippen molar-refractivity contribution >= 4 is 17.5 Å². The summed E-state index contributed by atoms with van der Waals surface area (Å²) in [5.41, 5.74) is 2.10. The highest BCUT2D eigenvalue weighted by atomic mass is 19.1. The third kappa shape index (κ3) is 3.86. The number of carbonyl (C=O) groups is 2. The topological polar surface area (TPSA) is 43.9 Å². The molecule has 0 radical (unpaired) electrons. The van der Waals surface area contributed by atoms with E-state index in [0.717, 1.165) is 31.6 Å². The summed E-state index contributed by atoms with van der Waals surface area (Å²) in [6, 6.07) is 13.5. The van der Waals surface area contributed by atoms with E-state index in [-0.39, 0.29) is 17.6 Å². The minimum absolute atomic E-state index is 0.00767. The summed E-state index contributed by atoms with van der Waals surface area (Å²) in [6.07, 6.45) is 2.09. The van der Waals surface area contributed by atoms with Crippen LogP contribution in [0.4, 0.5) is 10.1 Å². The molecule has 2 heterocycles. The lowest BCUT2D eigenvalue weighted by molar-refractivity contribution is 0.0746. The first kappa shape index (κ1) is 18.5. The van der Waals surface area contributed by atoms with E-state index >= 15 is 0 Å². The number of amides is 2. The van der Waals surface area contributed by atoms with Crippen LogP contribution in [-0.4, -0.2) is 60.9 Å². The Morgan fingerprint density at radius 1 is 0.714 bits per heavy atom. The van der Waals surface area contributed by atoms with Crippen molar-refractivity contribution in [3.8, 4) is 0 Å². The summed E-state index contributed by atoms with van der Waals surface area (Å²) >= 11 is 0. The van der Waals surface area contributed by atoms with Gasteiger partial charge < -0.3 is 14.7 Å². The van der Waals surface area contributed by atoms with Crippen molar-refractivity contribution in [1.82, 2.24) is 9.80 Å². The number of nitrogens with zero attached hydrogens (tertiary/aromatic N) is 3. The Balaban J connectivity index is 1.40. The lowest BCUT2D eigenvalue weighted by Crippen LogP contribution is -2.48. The van der Waals surface area contributed by atoms with Crippen LogP contribution < -0.4 is 4.90 Å². The smallest absolute Gasteiger partial charge is 0.253 e. The van der Waals surface area contributed by atoms with Crippen LogP contribution >= 0.6 is 0 Å². The molecule has 2 aliphatic rings. The highest BCUT2D eigenvalue weighted by molar-refractivity contribution is 5.99. The zero-order valence-corrected chi connectivity index (χ0v) is 15.8. The molecule has 0 N–H and O–H groups in total. The van der Waals surface area contributed by atoms with E-state index in [1.807, 2.05) is 9.80 Å². The largest absolute Gasteiger partial charge is 0.368 e. The molecule has 2 saturated heterocycles. The number of benzene rings is 2. The van der Waals surface area contributed by atoms with Gasteiger partial charge in [0.25, 0.3) is 11.8 Å². The molecular weight excluding hydrogens is 357 g/mol. The fraction of sp³-hybridized carbons (Fsp3) is 0.364. The molecule has 0 aliphatic carbocycles. The Morgan fingerprint density at radius 2 is 1.25 bits per heavy atom. The van der Waals surface area contributed by atoms with Gasteiger partial charge in [0.05, 0.1) is 0 Å². The van der Waals surface area contributed by atoms with Gasteiger partial charge in [0, 0.05) is 56.1 Å². The van der Waals surface area contributed by atoms with Crippen LogP contribution in [-0.2, 0) is 0 Å². The summed E-state index contributed by atoms with van der Waals surface area (Å²) in [5.74, 6) is -0.288. The van der Waals surface area contributed by atoms with Crippen LogP contribution in [0.3, 0.4) is 0 Å². The third-order valence-electron chi connectivity index (χ3n) is 5.51. The molecule has 0 bridgehead atoms. The van der Waals surface area contributed by atoms with E-state index in [0.29, 0.717) is 37.3 Å². The maximum atomic E-state index is 13.1. The van der Waals surface area contributed by atoms with Crippen LogP contribution in [0.5, 0.6) is 0 Å². The minimum Gasteiger partial charge on any atom is -0.368 e. The maximum absolute atomic E-state index is 13.1. The van der Waals surface area contributed by atoms with Crippen molar-refractivity contribution in [2.75, 3.05) is 44.2 Å². The highest BCUT2D eigenvalue weighted by Crippen LogP contribution is 2.19. The van der Waals surface area contributed by atoms with Crippen molar-refractivity contribution in [2.24, 2.45) is 0 Å². The molecular formula is C22H24FN3O2. The average Bonchev–Trinajstić information content (AvgIpc) is 3.28. The number of anilines is 1. The fourth-order valence-electron chi connectivity index (χ4n) is 3.89. The Bertz CT molecular complexity index is 854. The van der Waals surface area contributed by atoms with Crippen LogP contribution in [0.25, 0.3) is 0 Å². The van der Waals surface area contributed by atoms with Gasteiger partial charge in [-0.15, -0.1) is 0 Å². The number of piperazine rings is 1. The molecule has 146 valence electrons. The first-order chi connectivity index (χ1) is 13.6. The number of hydrogen-bond acceptors (Lipinski definition) is 3. The number of likely N-dealkylation sites (tertiary alicyclic amines) is 1. The summed E-state index contributed by atoms with van der Waals surface area (Å²) in [5, 5.41) is 0. The normalized spacial score (nSPS) is 17.1. The molecule has 0 aromatic heterocycles. The minimum atomic E-state index is -0.249. The molecule has 0 saturated carbocycles. The van der Waals surface area contributed by atoms with Gasteiger partial charge in [0.1, 0.15) is 5.82 Å². The number of halogens is 1. The van der Waals surface area contributed by atoms with E-state index in [1.165, 1.54) is 12.1 Å². The van der Waals surface area contributed by atoms with Crippen LogP contribution in [0.1, 0.15) is 33.6 Å². The van der Waals surface area contributed by atoms with Gasteiger partial charge in [-0.05, 0) is 55.3 Å². The standard InChI is InChI=1S/C22H24FN3O2/c23-19-6-8-20(9-7-19)24-12-14-26(15-13-24)22(28)18-5-3-4-17(16-18)21(27)25-10-1-2-11-25/h3-9,16H,1-2,10-15H2. The van der Waals surface area contributed by atoms with Crippen LogP contribution in [0.15, 0.2) is 48.5 Å². The van der Waals surface area contributed by atoms with Crippen LogP contribution in [0, 0.1) is 5.82 Å². The molecule has 2 aromatic rings. The molecule has 2 fully saturated rings. The average molecular weight is 381 g/mol. The van der Waals surface area contributed by atoms with Crippen molar-refractivity contribution in [2.45, 2.75) is 12.8 Å². The van der Waals surface area contributed by atoms with E-state index in [2.05, 4.69) is 4.90 Å². The summed E-state index contributed by atoms with van der Waals surface area (Å²) in [7, 11) is 0. The maximum Gasteiger partial charge on any atom is 0.253 e. The molecule has 0 spiro atoms. The van der Waals surface area contributed by atoms with Gasteiger partial charge >= 0.3 is 0 Å². The lowest BCUT2D eigenvalue weighted by atomic mass is 10.1. The van der Waals surface area contributed by atoms with Gasteiger partial charge in [-0.3, -0.25) is 9.59 Å². The molecule has 6 heteroatoms. The van der Waals surface area contributed by atoms with E-state index < -0.39 is 0 Å². The Morgan fingerprint density at radius 3 is 1.82 bits per heavy atom. The van der Waals surface area contributed by atoms with Gasteiger partial charge in [-0.1, -0.05) is 6.07 Å². The van der Waals surface area contributed by atoms with Gasteiger partial charge in [-0.2, -0.15) is 0 Å². The molecule has 2 amide bonds. The van der Waals surface area contributed by atoms with E-state index in [1.54, 1.807) is 36.4 Å². The number of hydrogen-bond donors (Lipinski definition) is 0. The first-order valence-electron chi connectivity index (χ1n) is 9.81. The lowest BCUT2D eigenvalue weighted by Gasteiger charge is -2.36. The Labute approximate surface area is 164 Å². The Hall–Kier alpha value is -2.89. The molecule has 2 aromatic carbocycles. The predicted molar refractivity (Wildman–Crippen MR) is 106 cm³/mol. The quantitative estimate of drug-likeness (QED) is 0.821. The molecule has 4 rings (SSSR count). The molecule has 0 atom stereocenters. The van der Waals surface area contributed by atoms with E-state index in [4.69, 9.17) is 0 Å². The van der Waals surface area contributed by atoms with Crippen molar-refractivity contribution in [3.05, 3.63) is 65.5 Å². The highest BCUT2D eigenvalue weighted by Gasteiger charge is 2.24. The SMILES string of the molecule is O=C(c1cccc(C(=O)N2CCN(c3ccc(F)cc3)CC2)c1)N1CCCC1. The zero-order valence-electron chi connectivity index (χ0n) is 15.8. The van der Waals surface area contributed by atoms with Crippen molar-refractivity contribution in [3.63, 3.8) is 0 Å². The predicted octanol–water partition coefficient (Wildman–Crippen LogP) is 3.02. The van der Waals surface area contributed by atoms with Gasteiger partial charge in [-0.25, -0.2) is 4.39 Å². The van der Waals surface area contributed by atoms with E-state index in [9.17, 15) is 14.0 Å². The van der Waals surface area contributed by atoms with Crippen LogP contribution in [0.2, 0.25) is 0 Å². The molecule has 0 unspecified atom stereocenters. The number of carbonyl (C=O) groups excluding carboxylic acids is 2. The second-order valence-electron chi connectivity index (χ2n) is 7.34. The van der Waals surface area contributed by atoms with Gasteiger partial charge in [0.15, 0.2) is 0 Å². The van der Waals surface area contributed by atoms with Crippen molar-refractivity contribution < 1.29 is 14.0 Å². The summed E-state index contributed by atoms with van der Waals surface area (Å²) < 4.78 is 13.1.